The van der Waals surface area contributed by atoms with Gasteiger partial charge < -0.3 is 9.64 Å². The number of halogens is 1. The molecule has 0 unspecified atom stereocenters. The van der Waals surface area contributed by atoms with Crippen LogP contribution in [0.3, 0.4) is 0 Å². The van der Waals surface area contributed by atoms with E-state index in [4.69, 9.17) is 4.74 Å². The lowest BCUT2D eigenvalue weighted by molar-refractivity contribution is 0.0302. The molecule has 5 heteroatoms. The van der Waals surface area contributed by atoms with Crippen LogP contribution >= 0.6 is 15.9 Å². The van der Waals surface area contributed by atoms with E-state index in [1.165, 1.54) is 0 Å². The fourth-order valence-corrected chi connectivity index (χ4v) is 2.83. The molecule has 0 aliphatic carbocycles. The molecule has 118 valence electrons. The molecule has 1 fully saturated rings. The van der Waals surface area contributed by atoms with E-state index in [-0.39, 0.29) is 11.7 Å². The Balaban J connectivity index is 1.92. The zero-order valence-electron chi connectivity index (χ0n) is 12.5. The first-order valence-corrected chi connectivity index (χ1v) is 8.22. The van der Waals surface area contributed by atoms with E-state index in [0.29, 0.717) is 43.0 Å². The molecular formula is C18H16BrNO3. The van der Waals surface area contributed by atoms with Gasteiger partial charge in [0.15, 0.2) is 5.78 Å². The second kappa shape index (κ2) is 7.06. The number of hydrogen-bond acceptors (Lipinski definition) is 3. The summed E-state index contributed by atoms with van der Waals surface area (Å²) < 4.78 is 6.19. The largest absolute Gasteiger partial charge is 0.378 e. The van der Waals surface area contributed by atoms with Crippen molar-refractivity contribution in [3.63, 3.8) is 0 Å². The summed E-state index contributed by atoms with van der Waals surface area (Å²) >= 11 is 3.36. The molecule has 23 heavy (non-hydrogen) atoms. The van der Waals surface area contributed by atoms with E-state index in [2.05, 4.69) is 15.9 Å². The average molecular weight is 374 g/mol. The van der Waals surface area contributed by atoms with Gasteiger partial charge in [0.25, 0.3) is 5.91 Å². The van der Waals surface area contributed by atoms with Gasteiger partial charge in [-0.1, -0.05) is 34.1 Å². The summed E-state index contributed by atoms with van der Waals surface area (Å²) in [4.78, 5) is 27.2. The zero-order chi connectivity index (χ0) is 16.2. The molecule has 0 spiro atoms. The minimum absolute atomic E-state index is 0.116. The quantitative estimate of drug-likeness (QED) is 0.776. The van der Waals surface area contributed by atoms with Gasteiger partial charge in [0.2, 0.25) is 0 Å². The number of morpholine rings is 1. The first-order valence-electron chi connectivity index (χ1n) is 7.43. The lowest BCUT2D eigenvalue weighted by Gasteiger charge is -2.27. The number of nitrogens with zero attached hydrogens (tertiary/aromatic N) is 1. The van der Waals surface area contributed by atoms with Crippen LogP contribution in [-0.4, -0.2) is 42.9 Å². The predicted molar refractivity (Wildman–Crippen MR) is 90.7 cm³/mol. The maximum atomic E-state index is 12.8. The predicted octanol–water partition coefficient (Wildman–Crippen LogP) is 3.15. The molecule has 0 N–H and O–H groups in total. The van der Waals surface area contributed by atoms with Crippen LogP contribution in [0.1, 0.15) is 26.3 Å². The van der Waals surface area contributed by atoms with Crippen molar-refractivity contribution in [1.29, 1.82) is 0 Å². The van der Waals surface area contributed by atoms with E-state index in [9.17, 15) is 9.59 Å². The van der Waals surface area contributed by atoms with Crippen LogP contribution in [0.15, 0.2) is 53.0 Å². The summed E-state index contributed by atoms with van der Waals surface area (Å²) in [5.41, 5.74) is 1.45. The van der Waals surface area contributed by atoms with Crippen LogP contribution in [0.25, 0.3) is 0 Å². The summed E-state index contributed by atoms with van der Waals surface area (Å²) in [5, 5.41) is 0. The third-order valence-electron chi connectivity index (χ3n) is 3.81. The highest BCUT2D eigenvalue weighted by Gasteiger charge is 2.23. The van der Waals surface area contributed by atoms with Crippen LogP contribution in [0.4, 0.5) is 0 Å². The third kappa shape index (κ3) is 3.51. The van der Waals surface area contributed by atoms with E-state index in [1.807, 2.05) is 12.1 Å². The fraction of sp³-hybridized carbons (Fsp3) is 0.222. The summed E-state index contributed by atoms with van der Waals surface area (Å²) in [6, 6.07) is 14.1. The monoisotopic (exact) mass is 373 g/mol. The Morgan fingerprint density at radius 1 is 0.913 bits per heavy atom. The standard InChI is InChI=1S/C18H16BrNO3/c19-14-7-5-13(6-8-14)17(21)15-3-1-2-4-16(15)18(22)20-9-11-23-12-10-20/h1-8H,9-12H2. The first kappa shape index (κ1) is 15.9. The zero-order valence-corrected chi connectivity index (χ0v) is 14.1. The average Bonchev–Trinajstić information content (AvgIpc) is 2.62. The summed E-state index contributed by atoms with van der Waals surface area (Å²) in [6.07, 6.45) is 0. The Bertz CT molecular complexity index is 721. The summed E-state index contributed by atoms with van der Waals surface area (Å²) in [7, 11) is 0. The molecule has 0 atom stereocenters. The van der Waals surface area contributed by atoms with Gasteiger partial charge in [0.1, 0.15) is 0 Å². The summed E-state index contributed by atoms with van der Waals surface area (Å²) in [5.74, 6) is -0.260. The van der Waals surface area contributed by atoms with Gasteiger partial charge in [-0.15, -0.1) is 0 Å². The smallest absolute Gasteiger partial charge is 0.254 e. The third-order valence-corrected chi connectivity index (χ3v) is 4.34. The van der Waals surface area contributed by atoms with Gasteiger partial charge in [-0.3, -0.25) is 9.59 Å². The number of carbonyl (C=O) groups excluding carboxylic acids is 2. The molecular weight excluding hydrogens is 358 g/mol. The van der Waals surface area contributed by atoms with Gasteiger partial charge in [0.05, 0.1) is 18.8 Å². The molecule has 3 rings (SSSR count). The van der Waals surface area contributed by atoms with Gasteiger partial charge in [-0.25, -0.2) is 0 Å². The minimum Gasteiger partial charge on any atom is -0.378 e. The number of rotatable bonds is 3. The molecule has 1 amide bonds. The summed E-state index contributed by atoms with van der Waals surface area (Å²) in [6.45, 7) is 2.18. The Hall–Kier alpha value is -1.98. The minimum atomic E-state index is -0.144. The van der Waals surface area contributed by atoms with Crippen molar-refractivity contribution in [3.8, 4) is 0 Å². The molecule has 1 saturated heterocycles. The number of carbonyl (C=O) groups is 2. The number of hydrogen-bond donors (Lipinski definition) is 0. The lowest BCUT2D eigenvalue weighted by Crippen LogP contribution is -2.41. The second-order valence-corrected chi connectivity index (χ2v) is 6.20. The van der Waals surface area contributed by atoms with Gasteiger partial charge in [-0.05, 0) is 30.3 Å². The molecule has 4 nitrogen and oxygen atoms in total. The van der Waals surface area contributed by atoms with Gasteiger partial charge in [0, 0.05) is 28.7 Å². The van der Waals surface area contributed by atoms with Crippen molar-refractivity contribution < 1.29 is 14.3 Å². The van der Waals surface area contributed by atoms with E-state index >= 15 is 0 Å². The highest BCUT2D eigenvalue weighted by Crippen LogP contribution is 2.19. The van der Waals surface area contributed by atoms with Crippen molar-refractivity contribution in [2.75, 3.05) is 26.3 Å². The van der Waals surface area contributed by atoms with Gasteiger partial charge in [-0.2, -0.15) is 0 Å². The van der Waals surface area contributed by atoms with Crippen molar-refractivity contribution in [2.24, 2.45) is 0 Å². The molecule has 1 aliphatic rings. The maximum absolute atomic E-state index is 12.8. The normalized spacial score (nSPS) is 14.6. The van der Waals surface area contributed by atoms with Crippen LogP contribution in [-0.2, 0) is 4.74 Å². The SMILES string of the molecule is O=C(c1ccc(Br)cc1)c1ccccc1C(=O)N1CCOCC1. The Kier molecular flexibility index (Phi) is 4.88. The number of amides is 1. The Morgan fingerprint density at radius 3 is 2.17 bits per heavy atom. The van der Waals surface area contributed by atoms with E-state index in [1.54, 1.807) is 41.3 Å². The second-order valence-electron chi connectivity index (χ2n) is 5.29. The van der Waals surface area contributed by atoms with Crippen LogP contribution in [0.5, 0.6) is 0 Å². The molecule has 0 radical (unpaired) electrons. The lowest BCUT2D eigenvalue weighted by atomic mass is 9.97. The van der Waals surface area contributed by atoms with Crippen molar-refractivity contribution in [3.05, 3.63) is 69.7 Å². The van der Waals surface area contributed by atoms with Crippen LogP contribution in [0, 0.1) is 0 Å². The number of benzene rings is 2. The van der Waals surface area contributed by atoms with Gasteiger partial charge >= 0.3 is 0 Å². The molecule has 0 bridgehead atoms. The number of ether oxygens (including phenoxy) is 1. The molecule has 0 aromatic heterocycles. The number of ketones is 1. The molecule has 1 heterocycles. The molecule has 1 aliphatic heterocycles. The molecule has 2 aromatic carbocycles. The van der Waals surface area contributed by atoms with Crippen LogP contribution in [0.2, 0.25) is 0 Å². The van der Waals surface area contributed by atoms with Crippen molar-refractivity contribution in [1.82, 2.24) is 4.90 Å². The Morgan fingerprint density at radius 2 is 1.52 bits per heavy atom. The van der Waals surface area contributed by atoms with Crippen LogP contribution < -0.4 is 0 Å². The highest BCUT2D eigenvalue weighted by molar-refractivity contribution is 9.10. The first-order chi connectivity index (χ1) is 11.2. The topological polar surface area (TPSA) is 46.6 Å². The fourth-order valence-electron chi connectivity index (χ4n) is 2.56. The molecule has 0 saturated carbocycles. The molecule has 2 aromatic rings. The van der Waals surface area contributed by atoms with Crippen molar-refractivity contribution in [2.45, 2.75) is 0 Å². The maximum Gasteiger partial charge on any atom is 0.254 e. The van der Waals surface area contributed by atoms with E-state index < -0.39 is 0 Å². The van der Waals surface area contributed by atoms with Crippen molar-refractivity contribution >= 4 is 27.6 Å². The highest BCUT2D eigenvalue weighted by atomic mass is 79.9. The van der Waals surface area contributed by atoms with E-state index in [0.717, 1.165) is 4.47 Å². The Labute approximate surface area is 143 Å².